The molecule has 2 rings (SSSR count). The van der Waals surface area contributed by atoms with Crippen molar-refractivity contribution in [2.45, 2.75) is 26.3 Å². The summed E-state index contributed by atoms with van der Waals surface area (Å²) in [5.74, 6) is 0.696. The molecule has 6 heteroatoms. The fourth-order valence-electron chi connectivity index (χ4n) is 2.22. The molecule has 1 aromatic carbocycles. The Bertz CT molecular complexity index is 508. The van der Waals surface area contributed by atoms with E-state index in [4.69, 9.17) is 9.47 Å². The van der Waals surface area contributed by atoms with Crippen LogP contribution in [-0.2, 0) is 9.53 Å². The van der Waals surface area contributed by atoms with Crippen LogP contribution in [0.5, 0.6) is 5.75 Å². The predicted octanol–water partition coefficient (Wildman–Crippen LogP) is 2.86. The minimum Gasteiger partial charge on any atom is -0.490 e. The summed E-state index contributed by atoms with van der Waals surface area (Å²) in [6, 6.07) is 3.52. The van der Waals surface area contributed by atoms with Crippen molar-refractivity contribution in [3.8, 4) is 5.75 Å². The zero-order chi connectivity index (χ0) is 15.2. The third-order valence-electron chi connectivity index (χ3n) is 3.22. The summed E-state index contributed by atoms with van der Waals surface area (Å²) < 4.78 is 11.8. The van der Waals surface area contributed by atoms with Gasteiger partial charge in [-0.05, 0) is 41.9 Å². The van der Waals surface area contributed by atoms with Crippen molar-refractivity contribution in [1.29, 1.82) is 0 Å². The van der Waals surface area contributed by atoms with Crippen molar-refractivity contribution in [1.82, 2.24) is 5.32 Å². The highest BCUT2D eigenvalue weighted by Gasteiger charge is 2.31. The summed E-state index contributed by atoms with van der Waals surface area (Å²) in [5.41, 5.74) is 1.76. The molecule has 1 aromatic rings. The Labute approximate surface area is 133 Å². The van der Waals surface area contributed by atoms with Gasteiger partial charge in [0.15, 0.2) is 0 Å². The van der Waals surface area contributed by atoms with Crippen LogP contribution >= 0.6 is 15.9 Å². The molecule has 0 bridgehead atoms. The maximum atomic E-state index is 12.0. The monoisotopic (exact) mass is 356 g/mol. The molecule has 1 atom stereocenters. The molecule has 0 saturated carbocycles. The van der Waals surface area contributed by atoms with E-state index >= 15 is 0 Å². The molecule has 1 unspecified atom stereocenters. The molecule has 0 fully saturated rings. The highest BCUT2D eigenvalue weighted by Crippen LogP contribution is 2.38. The molecule has 116 valence electrons. The third-order valence-corrected chi connectivity index (χ3v) is 3.84. The SMILES string of the molecule is CCCNC1C(=O)Nc2cc(OCCOCC)c(Br)cc21. The molecule has 5 nitrogen and oxygen atoms in total. The molecule has 0 aromatic heterocycles. The lowest BCUT2D eigenvalue weighted by atomic mass is 10.1. The molecule has 21 heavy (non-hydrogen) atoms. The van der Waals surface area contributed by atoms with Crippen LogP contribution in [0, 0.1) is 0 Å². The second kappa shape index (κ2) is 7.77. The molecule has 2 N–H and O–H groups in total. The van der Waals surface area contributed by atoms with Crippen molar-refractivity contribution in [3.05, 3.63) is 22.2 Å². The fraction of sp³-hybridized carbons (Fsp3) is 0.533. The highest BCUT2D eigenvalue weighted by atomic mass is 79.9. The second-order valence-electron chi connectivity index (χ2n) is 4.79. The van der Waals surface area contributed by atoms with Gasteiger partial charge in [0, 0.05) is 23.9 Å². The van der Waals surface area contributed by atoms with Crippen molar-refractivity contribution >= 4 is 27.5 Å². The fourth-order valence-corrected chi connectivity index (χ4v) is 2.69. The van der Waals surface area contributed by atoms with Gasteiger partial charge >= 0.3 is 0 Å². The molecule has 1 aliphatic rings. The number of ether oxygens (including phenoxy) is 2. The van der Waals surface area contributed by atoms with E-state index in [1.165, 1.54) is 0 Å². The van der Waals surface area contributed by atoms with Crippen molar-refractivity contribution in [3.63, 3.8) is 0 Å². The van der Waals surface area contributed by atoms with Gasteiger partial charge in [-0.3, -0.25) is 4.79 Å². The molecule has 0 aliphatic carbocycles. The Hall–Kier alpha value is -1.11. The molecule has 0 saturated heterocycles. The summed E-state index contributed by atoms with van der Waals surface area (Å²) in [4.78, 5) is 12.0. The Kier molecular flexibility index (Phi) is 6.02. The standard InChI is InChI=1S/C15H21BrN2O3/c1-3-5-17-14-10-8-11(16)13(21-7-6-20-4-2)9-12(10)18-15(14)19/h8-9,14,17H,3-7H2,1-2H3,(H,18,19). The van der Waals surface area contributed by atoms with Gasteiger partial charge in [0.2, 0.25) is 5.91 Å². The Morgan fingerprint density at radius 1 is 1.33 bits per heavy atom. The number of hydrogen-bond acceptors (Lipinski definition) is 4. The van der Waals surface area contributed by atoms with E-state index in [9.17, 15) is 4.79 Å². The van der Waals surface area contributed by atoms with Gasteiger partial charge in [0.1, 0.15) is 18.4 Å². The molecular weight excluding hydrogens is 336 g/mol. The zero-order valence-electron chi connectivity index (χ0n) is 12.4. The smallest absolute Gasteiger partial charge is 0.246 e. The van der Waals surface area contributed by atoms with Gasteiger partial charge in [-0.2, -0.15) is 0 Å². The van der Waals surface area contributed by atoms with E-state index < -0.39 is 0 Å². The van der Waals surface area contributed by atoms with E-state index in [0.717, 1.165) is 28.7 Å². The molecule has 0 radical (unpaired) electrons. The lowest BCUT2D eigenvalue weighted by Gasteiger charge is -2.13. The minimum atomic E-state index is -0.284. The van der Waals surface area contributed by atoms with Crippen molar-refractivity contribution < 1.29 is 14.3 Å². The van der Waals surface area contributed by atoms with Crippen LogP contribution in [0.3, 0.4) is 0 Å². The van der Waals surface area contributed by atoms with Crippen LogP contribution in [0.1, 0.15) is 31.9 Å². The first-order valence-corrected chi connectivity index (χ1v) is 8.04. The first-order chi connectivity index (χ1) is 10.2. The molecule has 0 spiro atoms. The van der Waals surface area contributed by atoms with E-state index in [0.29, 0.717) is 25.6 Å². The van der Waals surface area contributed by atoms with Gasteiger partial charge in [-0.1, -0.05) is 6.92 Å². The third kappa shape index (κ3) is 3.96. The van der Waals surface area contributed by atoms with Gasteiger partial charge < -0.3 is 20.1 Å². The Morgan fingerprint density at radius 3 is 2.86 bits per heavy atom. The quantitative estimate of drug-likeness (QED) is 0.703. The van der Waals surface area contributed by atoms with Crippen LogP contribution < -0.4 is 15.4 Å². The number of halogens is 1. The van der Waals surface area contributed by atoms with Crippen LogP contribution in [0.25, 0.3) is 0 Å². The number of rotatable bonds is 8. The van der Waals surface area contributed by atoms with Crippen LogP contribution in [0.4, 0.5) is 5.69 Å². The number of fused-ring (bicyclic) bond motifs is 1. The number of benzene rings is 1. The van der Waals surface area contributed by atoms with Gasteiger partial charge in [-0.25, -0.2) is 0 Å². The van der Waals surface area contributed by atoms with E-state index in [-0.39, 0.29) is 11.9 Å². The van der Waals surface area contributed by atoms with Crippen LogP contribution in [0.2, 0.25) is 0 Å². The Morgan fingerprint density at radius 2 is 2.14 bits per heavy atom. The van der Waals surface area contributed by atoms with E-state index in [1.54, 1.807) is 0 Å². The maximum absolute atomic E-state index is 12.0. The summed E-state index contributed by atoms with van der Waals surface area (Å²) in [7, 11) is 0. The second-order valence-corrected chi connectivity index (χ2v) is 5.65. The maximum Gasteiger partial charge on any atom is 0.246 e. The number of amides is 1. The minimum absolute atomic E-state index is 0.0168. The molecule has 1 amide bonds. The zero-order valence-corrected chi connectivity index (χ0v) is 14.0. The topological polar surface area (TPSA) is 59.6 Å². The average Bonchev–Trinajstić information content (AvgIpc) is 2.76. The van der Waals surface area contributed by atoms with E-state index in [1.807, 2.05) is 19.1 Å². The van der Waals surface area contributed by atoms with Gasteiger partial charge in [0.05, 0.1) is 11.1 Å². The normalized spacial score (nSPS) is 16.7. The number of carbonyl (C=O) groups is 1. The summed E-state index contributed by atoms with van der Waals surface area (Å²) in [5, 5.41) is 6.14. The van der Waals surface area contributed by atoms with Crippen molar-refractivity contribution in [2.24, 2.45) is 0 Å². The van der Waals surface area contributed by atoms with Crippen molar-refractivity contribution in [2.75, 3.05) is 31.7 Å². The summed E-state index contributed by atoms with van der Waals surface area (Å²) in [6.07, 6.45) is 0.985. The lowest BCUT2D eigenvalue weighted by Crippen LogP contribution is -2.28. The number of nitrogens with one attached hydrogen (secondary N) is 2. The Balaban J connectivity index is 2.09. The summed E-state index contributed by atoms with van der Waals surface area (Å²) >= 11 is 3.50. The van der Waals surface area contributed by atoms with E-state index in [2.05, 4.69) is 33.5 Å². The summed E-state index contributed by atoms with van der Waals surface area (Å²) in [6.45, 7) is 6.54. The molecular formula is C15H21BrN2O3. The first-order valence-electron chi connectivity index (χ1n) is 7.25. The predicted molar refractivity (Wildman–Crippen MR) is 85.8 cm³/mol. The largest absolute Gasteiger partial charge is 0.490 e. The van der Waals surface area contributed by atoms with Gasteiger partial charge in [0.25, 0.3) is 0 Å². The average molecular weight is 357 g/mol. The van der Waals surface area contributed by atoms with Crippen LogP contribution in [0.15, 0.2) is 16.6 Å². The first kappa shape index (κ1) is 16.3. The van der Waals surface area contributed by atoms with Crippen LogP contribution in [-0.4, -0.2) is 32.3 Å². The number of carbonyl (C=O) groups excluding carboxylic acids is 1. The lowest BCUT2D eigenvalue weighted by molar-refractivity contribution is -0.117. The molecule has 1 heterocycles. The number of anilines is 1. The molecule has 1 aliphatic heterocycles. The van der Waals surface area contributed by atoms with Gasteiger partial charge in [-0.15, -0.1) is 0 Å². The number of hydrogen-bond donors (Lipinski definition) is 2. The highest BCUT2D eigenvalue weighted by molar-refractivity contribution is 9.10.